The third-order valence-corrected chi connectivity index (χ3v) is 4.19. The van der Waals surface area contributed by atoms with Crippen LogP contribution in [0.3, 0.4) is 0 Å². The molecule has 0 fully saturated rings. The van der Waals surface area contributed by atoms with E-state index in [1.54, 1.807) is 0 Å². The minimum absolute atomic E-state index is 1.17. The van der Waals surface area contributed by atoms with Gasteiger partial charge in [-0.1, -0.05) is 66.7 Å². The number of hydrogen-bond donors (Lipinski definition) is 1. The summed E-state index contributed by atoms with van der Waals surface area (Å²) in [6, 6.07) is 27.8. The smallest absolute Gasteiger partial charge is 0.0464 e. The molecule has 3 aromatic carbocycles. The molecular weight excluding hydrogens is 266 g/mol. The molecule has 0 spiro atoms. The first kappa shape index (κ1) is 12.9. The van der Waals surface area contributed by atoms with E-state index in [-0.39, 0.29) is 0 Å². The van der Waals surface area contributed by atoms with E-state index in [0.717, 1.165) is 0 Å². The van der Waals surface area contributed by atoms with Gasteiger partial charge in [0, 0.05) is 16.6 Å². The van der Waals surface area contributed by atoms with Crippen molar-refractivity contribution in [2.45, 2.75) is 6.92 Å². The summed E-state index contributed by atoms with van der Waals surface area (Å²) >= 11 is 0. The predicted molar refractivity (Wildman–Crippen MR) is 93.9 cm³/mol. The summed E-state index contributed by atoms with van der Waals surface area (Å²) in [6.07, 6.45) is 0. The number of aromatic nitrogens is 1. The SMILES string of the molecule is Cc1cccc2[nH]c(-c3ccc(-c4ccccc4)cc3)cc12. The van der Waals surface area contributed by atoms with E-state index in [4.69, 9.17) is 0 Å². The minimum Gasteiger partial charge on any atom is -0.355 e. The molecule has 0 aliphatic rings. The molecular formula is C21H17N. The van der Waals surface area contributed by atoms with E-state index < -0.39 is 0 Å². The summed E-state index contributed by atoms with van der Waals surface area (Å²) in [4.78, 5) is 3.51. The number of H-pyrrole nitrogens is 1. The van der Waals surface area contributed by atoms with Crippen LogP contribution in [0.5, 0.6) is 0 Å². The number of aromatic amines is 1. The van der Waals surface area contributed by atoms with Gasteiger partial charge < -0.3 is 4.98 Å². The average molecular weight is 283 g/mol. The number of benzene rings is 3. The van der Waals surface area contributed by atoms with Crippen molar-refractivity contribution in [2.75, 3.05) is 0 Å². The van der Waals surface area contributed by atoms with Gasteiger partial charge in [0.2, 0.25) is 0 Å². The van der Waals surface area contributed by atoms with Gasteiger partial charge >= 0.3 is 0 Å². The van der Waals surface area contributed by atoms with Crippen molar-refractivity contribution in [3.8, 4) is 22.4 Å². The molecule has 0 aliphatic heterocycles. The number of hydrogen-bond acceptors (Lipinski definition) is 0. The molecule has 1 nitrogen and oxygen atoms in total. The Hall–Kier alpha value is -2.80. The van der Waals surface area contributed by atoms with Gasteiger partial charge in [-0.05, 0) is 41.3 Å². The number of rotatable bonds is 2. The quantitative estimate of drug-likeness (QED) is 0.478. The van der Waals surface area contributed by atoms with Gasteiger partial charge in [-0.2, -0.15) is 0 Å². The Labute approximate surface area is 130 Å². The molecule has 0 bridgehead atoms. The fourth-order valence-corrected chi connectivity index (χ4v) is 2.94. The van der Waals surface area contributed by atoms with Crippen LogP contribution in [-0.4, -0.2) is 4.98 Å². The Morgan fingerprint density at radius 1 is 0.636 bits per heavy atom. The number of fused-ring (bicyclic) bond motifs is 1. The lowest BCUT2D eigenvalue weighted by Crippen LogP contribution is -1.79. The zero-order valence-corrected chi connectivity index (χ0v) is 12.5. The largest absolute Gasteiger partial charge is 0.355 e. The number of aryl methyl sites for hydroxylation is 1. The van der Waals surface area contributed by atoms with Crippen molar-refractivity contribution >= 4 is 10.9 Å². The first-order chi connectivity index (χ1) is 10.8. The fourth-order valence-electron chi connectivity index (χ4n) is 2.94. The second-order valence-electron chi connectivity index (χ2n) is 5.66. The second-order valence-corrected chi connectivity index (χ2v) is 5.66. The third-order valence-electron chi connectivity index (χ3n) is 4.19. The Morgan fingerprint density at radius 2 is 1.32 bits per heavy atom. The first-order valence-corrected chi connectivity index (χ1v) is 7.55. The van der Waals surface area contributed by atoms with Crippen molar-refractivity contribution in [2.24, 2.45) is 0 Å². The van der Waals surface area contributed by atoms with Crippen LogP contribution in [0.1, 0.15) is 5.56 Å². The summed E-state index contributed by atoms with van der Waals surface area (Å²) in [5.41, 5.74) is 7.39. The van der Waals surface area contributed by atoms with Gasteiger partial charge in [-0.25, -0.2) is 0 Å². The van der Waals surface area contributed by atoms with Gasteiger partial charge in [0.1, 0.15) is 0 Å². The molecule has 0 saturated carbocycles. The summed E-state index contributed by atoms with van der Waals surface area (Å²) in [7, 11) is 0. The van der Waals surface area contributed by atoms with Gasteiger partial charge in [0.25, 0.3) is 0 Å². The summed E-state index contributed by atoms with van der Waals surface area (Å²) in [5, 5.41) is 1.30. The van der Waals surface area contributed by atoms with Crippen LogP contribution in [-0.2, 0) is 0 Å². The summed E-state index contributed by atoms with van der Waals surface area (Å²) in [5.74, 6) is 0. The second kappa shape index (κ2) is 5.19. The van der Waals surface area contributed by atoms with Crippen LogP contribution in [0.2, 0.25) is 0 Å². The monoisotopic (exact) mass is 283 g/mol. The van der Waals surface area contributed by atoms with Gasteiger partial charge in [0.05, 0.1) is 0 Å². The van der Waals surface area contributed by atoms with Crippen molar-refractivity contribution in [1.82, 2.24) is 4.98 Å². The first-order valence-electron chi connectivity index (χ1n) is 7.55. The van der Waals surface area contributed by atoms with Crippen molar-refractivity contribution in [3.63, 3.8) is 0 Å². The number of nitrogens with one attached hydrogen (secondary N) is 1. The Kier molecular flexibility index (Phi) is 3.05. The average Bonchev–Trinajstić information content (AvgIpc) is 3.02. The molecule has 0 amide bonds. The highest BCUT2D eigenvalue weighted by Crippen LogP contribution is 2.28. The molecule has 0 atom stereocenters. The van der Waals surface area contributed by atoms with Crippen molar-refractivity contribution in [3.05, 3.63) is 84.4 Å². The van der Waals surface area contributed by atoms with Crippen molar-refractivity contribution in [1.29, 1.82) is 0 Å². The Balaban J connectivity index is 1.74. The van der Waals surface area contributed by atoms with Crippen LogP contribution in [0, 0.1) is 6.92 Å². The fraction of sp³-hybridized carbons (Fsp3) is 0.0476. The zero-order chi connectivity index (χ0) is 14.9. The highest BCUT2D eigenvalue weighted by Gasteiger charge is 2.05. The third kappa shape index (κ3) is 2.21. The highest BCUT2D eigenvalue weighted by molar-refractivity contribution is 5.88. The summed E-state index contributed by atoms with van der Waals surface area (Å²) < 4.78 is 0. The maximum Gasteiger partial charge on any atom is 0.0464 e. The van der Waals surface area contributed by atoms with Gasteiger partial charge in [-0.3, -0.25) is 0 Å². The molecule has 106 valence electrons. The van der Waals surface area contributed by atoms with Crippen LogP contribution in [0.15, 0.2) is 78.9 Å². The van der Waals surface area contributed by atoms with E-state index in [2.05, 4.69) is 84.7 Å². The van der Waals surface area contributed by atoms with Gasteiger partial charge in [0.15, 0.2) is 0 Å². The highest BCUT2D eigenvalue weighted by atomic mass is 14.7. The van der Waals surface area contributed by atoms with Crippen LogP contribution < -0.4 is 0 Å². The molecule has 4 aromatic rings. The normalized spacial score (nSPS) is 11.0. The topological polar surface area (TPSA) is 15.8 Å². The lowest BCUT2D eigenvalue weighted by Gasteiger charge is -2.03. The molecule has 0 saturated heterocycles. The molecule has 0 radical (unpaired) electrons. The Morgan fingerprint density at radius 3 is 2.05 bits per heavy atom. The van der Waals surface area contributed by atoms with Crippen LogP contribution >= 0.6 is 0 Å². The molecule has 1 N–H and O–H groups in total. The van der Waals surface area contributed by atoms with E-state index in [9.17, 15) is 0 Å². The van der Waals surface area contributed by atoms with Crippen LogP contribution in [0.25, 0.3) is 33.3 Å². The lowest BCUT2D eigenvalue weighted by atomic mass is 10.0. The predicted octanol–water partition coefficient (Wildman–Crippen LogP) is 5.81. The maximum absolute atomic E-state index is 3.51. The molecule has 4 rings (SSSR count). The molecule has 0 aliphatic carbocycles. The zero-order valence-electron chi connectivity index (χ0n) is 12.5. The standard InChI is InChI=1S/C21H17N/c1-15-6-5-9-20-19(15)14-21(22-20)18-12-10-17(11-13-18)16-7-3-2-4-8-16/h2-14,22H,1H3. The van der Waals surface area contributed by atoms with E-state index in [0.29, 0.717) is 0 Å². The molecule has 0 unspecified atom stereocenters. The van der Waals surface area contributed by atoms with Gasteiger partial charge in [-0.15, -0.1) is 0 Å². The molecule has 22 heavy (non-hydrogen) atoms. The van der Waals surface area contributed by atoms with E-state index in [1.165, 1.54) is 38.9 Å². The molecule has 1 heteroatoms. The summed E-state index contributed by atoms with van der Waals surface area (Å²) in [6.45, 7) is 2.15. The Bertz CT molecular complexity index is 915. The maximum atomic E-state index is 3.51. The van der Waals surface area contributed by atoms with E-state index >= 15 is 0 Å². The lowest BCUT2D eigenvalue weighted by molar-refractivity contribution is 1.45. The minimum atomic E-state index is 1.17. The van der Waals surface area contributed by atoms with Crippen LogP contribution in [0.4, 0.5) is 0 Å². The molecule has 1 aromatic heterocycles. The van der Waals surface area contributed by atoms with Crippen molar-refractivity contribution < 1.29 is 0 Å². The molecule has 1 heterocycles. The van der Waals surface area contributed by atoms with E-state index in [1.807, 2.05) is 6.07 Å².